The maximum absolute atomic E-state index is 11.9. The number of nitrogens with one attached hydrogen (secondary N) is 1. The van der Waals surface area contributed by atoms with Crippen LogP contribution >= 0.6 is 27.5 Å². The first-order valence-corrected chi connectivity index (χ1v) is 7.21. The number of hydrogen-bond donors (Lipinski definition) is 1. The summed E-state index contributed by atoms with van der Waals surface area (Å²) >= 11 is 9.39. The van der Waals surface area contributed by atoms with Crippen molar-refractivity contribution in [2.45, 2.75) is 26.2 Å². The van der Waals surface area contributed by atoms with Gasteiger partial charge < -0.3 is 10.1 Å². The number of carbonyl (C=O) groups is 1. The zero-order chi connectivity index (χ0) is 13.1. The maximum atomic E-state index is 11.9. The zero-order valence-corrected chi connectivity index (χ0v) is 12.5. The van der Waals surface area contributed by atoms with Crippen LogP contribution < -0.4 is 10.1 Å². The van der Waals surface area contributed by atoms with Gasteiger partial charge in [0.25, 0.3) is 0 Å². The lowest BCUT2D eigenvalue weighted by molar-refractivity contribution is -0.122. The molecule has 2 rings (SSSR count). The van der Waals surface area contributed by atoms with Crippen LogP contribution in [0.4, 0.5) is 5.69 Å². The van der Waals surface area contributed by atoms with Gasteiger partial charge in [0.05, 0.1) is 16.8 Å². The van der Waals surface area contributed by atoms with Crippen molar-refractivity contribution in [2.24, 2.45) is 5.92 Å². The van der Waals surface area contributed by atoms with Gasteiger partial charge >= 0.3 is 0 Å². The van der Waals surface area contributed by atoms with E-state index >= 15 is 0 Å². The topological polar surface area (TPSA) is 38.3 Å². The molecule has 18 heavy (non-hydrogen) atoms. The van der Waals surface area contributed by atoms with Crippen molar-refractivity contribution in [3.8, 4) is 5.75 Å². The number of rotatable bonds is 4. The zero-order valence-electron chi connectivity index (χ0n) is 10.1. The molecule has 0 atom stereocenters. The highest BCUT2D eigenvalue weighted by Crippen LogP contribution is 2.37. The Morgan fingerprint density at radius 3 is 2.83 bits per heavy atom. The van der Waals surface area contributed by atoms with Crippen LogP contribution in [0, 0.1) is 5.92 Å². The number of ether oxygens (including phenoxy) is 1. The third-order valence-corrected chi connectivity index (χ3v) is 3.84. The fourth-order valence-electron chi connectivity index (χ4n) is 1.85. The van der Waals surface area contributed by atoms with Gasteiger partial charge in [-0.2, -0.15) is 0 Å². The Hall–Kier alpha value is -0.740. The summed E-state index contributed by atoms with van der Waals surface area (Å²) in [4.78, 5) is 11.9. The van der Waals surface area contributed by atoms with Crippen LogP contribution in [0.3, 0.4) is 0 Å². The van der Waals surface area contributed by atoms with Gasteiger partial charge in [-0.15, -0.1) is 0 Å². The SMILES string of the molecule is CCOc1c(Br)cc(Cl)cc1NC(=O)C1CCC1. The van der Waals surface area contributed by atoms with Crippen LogP contribution in [0.2, 0.25) is 5.02 Å². The minimum Gasteiger partial charge on any atom is -0.491 e. The number of amides is 1. The number of halogens is 2. The molecule has 1 amide bonds. The number of anilines is 1. The predicted octanol–water partition coefficient (Wildman–Crippen LogP) is 4.24. The Bertz CT molecular complexity index is 461. The van der Waals surface area contributed by atoms with Crippen LogP contribution in [-0.2, 0) is 4.79 Å². The average molecular weight is 333 g/mol. The molecular formula is C13H15BrClNO2. The van der Waals surface area contributed by atoms with E-state index in [1.165, 1.54) is 0 Å². The lowest BCUT2D eigenvalue weighted by Crippen LogP contribution is -2.28. The molecule has 0 saturated heterocycles. The molecular weight excluding hydrogens is 318 g/mol. The Labute approximate surface area is 120 Å². The molecule has 1 aliphatic carbocycles. The monoisotopic (exact) mass is 331 g/mol. The summed E-state index contributed by atoms with van der Waals surface area (Å²) in [5, 5.41) is 3.46. The second-order valence-electron chi connectivity index (χ2n) is 4.31. The van der Waals surface area contributed by atoms with Crippen molar-refractivity contribution in [1.29, 1.82) is 0 Å². The molecule has 5 heteroatoms. The molecule has 0 bridgehead atoms. The Morgan fingerprint density at radius 2 is 2.28 bits per heavy atom. The highest BCUT2D eigenvalue weighted by Gasteiger charge is 2.26. The fourth-order valence-corrected chi connectivity index (χ4v) is 2.77. The minimum atomic E-state index is 0.0522. The number of hydrogen-bond acceptors (Lipinski definition) is 2. The van der Waals surface area contributed by atoms with Crippen LogP contribution in [0.5, 0.6) is 5.75 Å². The van der Waals surface area contributed by atoms with E-state index in [0.29, 0.717) is 23.1 Å². The van der Waals surface area contributed by atoms with E-state index in [4.69, 9.17) is 16.3 Å². The van der Waals surface area contributed by atoms with Crippen molar-refractivity contribution in [2.75, 3.05) is 11.9 Å². The van der Waals surface area contributed by atoms with Gasteiger partial charge in [0.15, 0.2) is 5.75 Å². The summed E-state index contributed by atoms with van der Waals surface area (Å²) < 4.78 is 6.29. The fraction of sp³-hybridized carbons (Fsp3) is 0.462. The lowest BCUT2D eigenvalue weighted by Gasteiger charge is -2.24. The van der Waals surface area contributed by atoms with E-state index in [1.807, 2.05) is 6.92 Å². The van der Waals surface area contributed by atoms with Gasteiger partial charge in [0.2, 0.25) is 5.91 Å². The summed E-state index contributed by atoms with van der Waals surface area (Å²) in [6, 6.07) is 3.47. The summed E-state index contributed by atoms with van der Waals surface area (Å²) in [5.74, 6) is 0.822. The van der Waals surface area contributed by atoms with Gasteiger partial charge in [0.1, 0.15) is 0 Å². The molecule has 1 aromatic rings. The van der Waals surface area contributed by atoms with Gasteiger partial charge in [-0.25, -0.2) is 0 Å². The molecule has 0 radical (unpaired) electrons. The molecule has 1 N–H and O–H groups in total. The molecule has 0 spiro atoms. The second-order valence-corrected chi connectivity index (χ2v) is 5.61. The van der Waals surface area contributed by atoms with Gasteiger partial charge in [0, 0.05) is 10.9 Å². The lowest BCUT2D eigenvalue weighted by atomic mass is 9.85. The van der Waals surface area contributed by atoms with E-state index in [9.17, 15) is 4.79 Å². The van der Waals surface area contributed by atoms with Crippen molar-refractivity contribution in [3.05, 3.63) is 21.6 Å². The van der Waals surface area contributed by atoms with E-state index in [-0.39, 0.29) is 11.8 Å². The van der Waals surface area contributed by atoms with Crippen molar-refractivity contribution < 1.29 is 9.53 Å². The number of benzene rings is 1. The third-order valence-electron chi connectivity index (χ3n) is 3.03. The molecule has 3 nitrogen and oxygen atoms in total. The van der Waals surface area contributed by atoms with Crippen LogP contribution in [0.25, 0.3) is 0 Å². The molecule has 0 aromatic heterocycles. The van der Waals surface area contributed by atoms with Gasteiger partial charge in [-0.1, -0.05) is 18.0 Å². The highest BCUT2D eigenvalue weighted by molar-refractivity contribution is 9.10. The maximum Gasteiger partial charge on any atom is 0.227 e. The van der Waals surface area contributed by atoms with Crippen LogP contribution in [0.15, 0.2) is 16.6 Å². The molecule has 1 saturated carbocycles. The number of carbonyl (C=O) groups excluding carboxylic acids is 1. The smallest absolute Gasteiger partial charge is 0.227 e. The molecule has 0 aliphatic heterocycles. The van der Waals surface area contributed by atoms with Gasteiger partial charge in [-0.3, -0.25) is 4.79 Å². The summed E-state index contributed by atoms with van der Waals surface area (Å²) in [6.07, 6.45) is 3.07. The largest absolute Gasteiger partial charge is 0.491 e. The average Bonchev–Trinajstić information content (AvgIpc) is 2.20. The first kappa shape index (κ1) is 13.7. The van der Waals surface area contributed by atoms with Crippen LogP contribution in [0.1, 0.15) is 26.2 Å². The summed E-state index contributed by atoms with van der Waals surface area (Å²) in [5.41, 5.74) is 0.633. The van der Waals surface area contributed by atoms with Crippen molar-refractivity contribution in [1.82, 2.24) is 0 Å². The Morgan fingerprint density at radius 1 is 1.56 bits per heavy atom. The Balaban J connectivity index is 2.21. The van der Waals surface area contributed by atoms with Crippen molar-refractivity contribution >= 4 is 39.1 Å². The van der Waals surface area contributed by atoms with E-state index in [2.05, 4.69) is 21.2 Å². The molecule has 98 valence electrons. The third kappa shape index (κ3) is 2.98. The van der Waals surface area contributed by atoms with E-state index < -0.39 is 0 Å². The summed E-state index contributed by atoms with van der Waals surface area (Å²) in [7, 11) is 0. The first-order valence-electron chi connectivity index (χ1n) is 6.04. The quantitative estimate of drug-likeness (QED) is 0.895. The molecule has 0 heterocycles. The molecule has 0 unspecified atom stereocenters. The molecule has 1 aliphatic rings. The Kier molecular flexibility index (Phi) is 4.51. The second kappa shape index (κ2) is 5.93. The van der Waals surface area contributed by atoms with Crippen LogP contribution in [-0.4, -0.2) is 12.5 Å². The molecule has 1 aromatic carbocycles. The summed E-state index contributed by atoms with van der Waals surface area (Å²) in [6.45, 7) is 2.44. The standard InChI is InChI=1S/C13H15BrClNO2/c1-2-18-12-10(14)6-9(15)7-11(12)16-13(17)8-4-3-5-8/h6-8H,2-5H2,1H3,(H,16,17). The molecule has 1 fully saturated rings. The normalized spacial score (nSPS) is 15.1. The predicted molar refractivity (Wildman–Crippen MR) is 76.3 cm³/mol. The van der Waals surface area contributed by atoms with E-state index in [1.54, 1.807) is 12.1 Å². The minimum absolute atomic E-state index is 0.0522. The van der Waals surface area contributed by atoms with E-state index in [0.717, 1.165) is 23.7 Å². The van der Waals surface area contributed by atoms with Gasteiger partial charge in [-0.05, 0) is 47.8 Å². The first-order chi connectivity index (χ1) is 8.61. The highest BCUT2D eigenvalue weighted by atomic mass is 79.9. The van der Waals surface area contributed by atoms with Crippen molar-refractivity contribution in [3.63, 3.8) is 0 Å².